The molecule has 3 aliphatic rings. The lowest BCUT2D eigenvalue weighted by Gasteiger charge is -2.41. The quantitative estimate of drug-likeness (QED) is 0.554. The van der Waals surface area contributed by atoms with Crippen molar-refractivity contribution in [1.29, 1.82) is 0 Å². The monoisotopic (exact) mass is 473 g/mol. The van der Waals surface area contributed by atoms with Gasteiger partial charge in [0, 0.05) is 51.2 Å². The molecule has 3 atom stereocenters. The van der Waals surface area contributed by atoms with Crippen LogP contribution in [0.3, 0.4) is 0 Å². The van der Waals surface area contributed by atoms with Crippen LogP contribution < -0.4 is 0 Å². The van der Waals surface area contributed by atoms with Crippen molar-refractivity contribution in [2.75, 3.05) is 46.3 Å². The first-order chi connectivity index (χ1) is 17.3. The van der Waals surface area contributed by atoms with Crippen LogP contribution in [0.2, 0.25) is 0 Å². The maximum Gasteiger partial charge on any atom is 0.169 e. The van der Waals surface area contributed by atoms with Gasteiger partial charge in [-0.05, 0) is 55.3 Å². The largest absolute Gasteiger partial charge is 0.303 e. The Morgan fingerprint density at radius 2 is 1.91 bits per heavy atom. The molecular formula is C28H39N7. The van der Waals surface area contributed by atoms with Gasteiger partial charge in [0.05, 0.1) is 6.04 Å². The first-order valence-corrected chi connectivity index (χ1v) is 13.3. The summed E-state index contributed by atoms with van der Waals surface area (Å²) in [6.45, 7) is 7.30. The molecule has 0 radical (unpaired) electrons. The van der Waals surface area contributed by atoms with E-state index in [-0.39, 0.29) is 6.04 Å². The Labute approximate surface area is 209 Å². The summed E-state index contributed by atoms with van der Waals surface area (Å²) in [5.41, 5.74) is 1.26. The molecule has 3 heterocycles. The number of nitrogens with zero attached hydrogens (tertiary/aromatic N) is 7. The third-order valence-electron chi connectivity index (χ3n) is 7.86. The van der Waals surface area contributed by atoms with E-state index >= 15 is 0 Å². The van der Waals surface area contributed by atoms with Gasteiger partial charge in [-0.25, -0.2) is 4.68 Å². The number of hydrogen-bond acceptors (Lipinski definition) is 6. The van der Waals surface area contributed by atoms with Crippen molar-refractivity contribution in [3.8, 4) is 0 Å². The van der Waals surface area contributed by atoms with Crippen LogP contribution >= 0.6 is 0 Å². The lowest BCUT2D eigenvalue weighted by Crippen LogP contribution is -2.49. The van der Waals surface area contributed by atoms with Crippen LogP contribution in [-0.2, 0) is 6.54 Å². The van der Waals surface area contributed by atoms with E-state index in [1.54, 1.807) is 0 Å². The molecule has 5 rings (SSSR count). The summed E-state index contributed by atoms with van der Waals surface area (Å²) in [5.74, 6) is 1.44. The summed E-state index contributed by atoms with van der Waals surface area (Å²) in [4.78, 5) is 7.65. The molecule has 0 bridgehead atoms. The Hall–Kier alpha value is -2.61. The predicted molar refractivity (Wildman–Crippen MR) is 141 cm³/mol. The number of allylic oxidation sites excluding steroid dienone is 3. The number of aromatic nitrogens is 4. The lowest BCUT2D eigenvalue weighted by atomic mass is 9.90. The Bertz CT molecular complexity index is 1000. The molecule has 7 heteroatoms. The number of aryl methyl sites for hydroxylation is 1. The second-order valence-electron chi connectivity index (χ2n) is 10.1. The summed E-state index contributed by atoms with van der Waals surface area (Å²) in [6, 6.07) is 11.4. The van der Waals surface area contributed by atoms with Gasteiger partial charge < -0.3 is 4.90 Å². The summed E-state index contributed by atoms with van der Waals surface area (Å²) in [5, 5.41) is 13.2. The van der Waals surface area contributed by atoms with E-state index in [9.17, 15) is 0 Å². The molecule has 1 aromatic heterocycles. The Morgan fingerprint density at radius 3 is 2.66 bits per heavy atom. The maximum atomic E-state index is 4.60. The first-order valence-electron chi connectivity index (χ1n) is 13.3. The molecule has 2 aromatic rings. The maximum absolute atomic E-state index is 4.60. The van der Waals surface area contributed by atoms with Crippen LogP contribution in [0.5, 0.6) is 0 Å². The van der Waals surface area contributed by atoms with E-state index < -0.39 is 0 Å². The van der Waals surface area contributed by atoms with Gasteiger partial charge in [-0.2, -0.15) is 0 Å². The van der Waals surface area contributed by atoms with Crippen LogP contribution in [0.4, 0.5) is 0 Å². The fourth-order valence-electron chi connectivity index (χ4n) is 5.78. The minimum absolute atomic E-state index is 0.217. The number of tetrazole rings is 1. The lowest BCUT2D eigenvalue weighted by molar-refractivity contribution is 0.0769. The third-order valence-corrected chi connectivity index (χ3v) is 7.86. The van der Waals surface area contributed by atoms with Gasteiger partial charge in [0.15, 0.2) is 5.82 Å². The SMILES string of the molecule is CN1CCCC1CCn1nnnc1[C@H](C1C=CC=CC1)N1CCN(C/C=C/c2ccccc2)CC1. The summed E-state index contributed by atoms with van der Waals surface area (Å²) in [6.07, 6.45) is 18.2. The molecular weight excluding hydrogens is 434 g/mol. The number of rotatable bonds is 9. The van der Waals surface area contributed by atoms with E-state index in [0.717, 1.165) is 57.9 Å². The van der Waals surface area contributed by atoms with E-state index in [1.165, 1.54) is 24.9 Å². The minimum atomic E-state index is 0.217. The molecule has 1 aromatic carbocycles. The second kappa shape index (κ2) is 11.9. The van der Waals surface area contributed by atoms with E-state index in [2.05, 4.69) is 109 Å². The molecule has 2 aliphatic heterocycles. The molecule has 7 nitrogen and oxygen atoms in total. The Morgan fingerprint density at radius 1 is 1.06 bits per heavy atom. The standard InChI is InChI=1S/C28H39N7/c1-32-17-9-15-26(32)16-19-35-28(29-30-31-35)27(25-13-6-3-7-14-25)34-22-20-33(21-23-34)18-8-12-24-10-4-2-5-11-24/h2-8,10-13,25-27H,9,14-23H2,1H3/b12-8+/t25?,26?,27-/m0/s1. The van der Waals surface area contributed by atoms with Crippen molar-refractivity contribution in [3.05, 3.63) is 72.1 Å². The predicted octanol–water partition coefficient (Wildman–Crippen LogP) is 3.66. The van der Waals surface area contributed by atoms with Crippen molar-refractivity contribution < 1.29 is 0 Å². The number of likely N-dealkylation sites (tertiary alicyclic amines) is 1. The molecule has 0 amide bonds. The van der Waals surface area contributed by atoms with Gasteiger partial charge in [0.2, 0.25) is 0 Å². The molecule has 2 saturated heterocycles. The highest BCUT2D eigenvalue weighted by Crippen LogP contribution is 2.33. The van der Waals surface area contributed by atoms with E-state index in [0.29, 0.717) is 12.0 Å². The third kappa shape index (κ3) is 6.15. The smallest absolute Gasteiger partial charge is 0.169 e. The summed E-state index contributed by atoms with van der Waals surface area (Å²) in [7, 11) is 2.24. The first kappa shape index (κ1) is 24.1. The molecule has 1 aliphatic carbocycles. The fourth-order valence-corrected chi connectivity index (χ4v) is 5.78. The van der Waals surface area contributed by atoms with Gasteiger partial charge in [0.1, 0.15) is 0 Å². The van der Waals surface area contributed by atoms with Crippen molar-refractivity contribution in [2.45, 2.75) is 44.3 Å². The highest BCUT2D eigenvalue weighted by molar-refractivity contribution is 5.48. The van der Waals surface area contributed by atoms with Crippen molar-refractivity contribution in [1.82, 2.24) is 34.9 Å². The normalized spacial score (nSPS) is 25.1. The van der Waals surface area contributed by atoms with Gasteiger partial charge in [-0.1, -0.05) is 66.8 Å². The molecule has 2 unspecified atom stereocenters. The van der Waals surface area contributed by atoms with Crippen LogP contribution in [0, 0.1) is 5.92 Å². The number of hydrogen-bond donors (Lipinski definition) is 0. The van der Waals surface area contributed by atoms with Gasteiger partial charge in [-0.15, -0.1) is 5.10 Å². The molecule has 2 fully saturated rings. The highest BCUT2D eigenvalue weighted by atomic mass is 15.6. The zero-order valence-electron chi connectivity index (χ0n) is 21.0. The second-order valence-corrected chi connectivity index (χ2v) is 10.1. The van der Waals surface area contributed by atoms with Crippen molar-refractivity contribution in [2.24, 2.45) is 5.92 Å². The average molecular weight is 474 g/mol. The van der Waals surface area contributed by atoms with Gasteiger partial charge >= 0.3 is 0 Å². The van der Waals surface area contributed by atoms with Crippen LogP contribution in [0.15, 0.2) is 60.7 Å². The average Bonchev–Trinajstić information content (AvgIpc) is 3.54. The number of piperazine rings is 1. The highest BCUT2D eigenvalue weighted by Gasteiger charge is 2.34. The zero-order valence-corrected chi connectivity index (χ0v) is 21.0. The number of benzene rings is 1. The van der Waals surface area contributed by atoms with Crippen LogP contribution in [-0.4, -0.2) is 87.3 Å². The Kier molecular flexibility index (Phi) is 8.18. The zero-order chi connectivity index (χ0) is 23.9. The molecule has 0 saturated carbocycles. The Balaban J connectivity index is 1.23. The molecule has 0 spiro atoms. The van der Waals surface area contributed by atoms with Crippen molar-refractivity contribution in [3.63, 3.8) is 0 Å². The van der Waals surface area contributed by atoms with Crippen LogP contribution in [0.25, 0.3) is 6.08 Å². The van der Waals surface area contributed by atoms with Crippen molar-refractivity contribution >= 4 is 6.08 Å². The summed E-state index contributed by atoms with van der Waals surface area (Å²) >= 11 is 0. The van der Waals surface area contributed by atoms with E-state index in [4.69, 9.17) is 0 Å². The molecule has 0 N–H and O–H groups in total. The van der Waals surface area contributed by atoms with Gasteiger partial charge in [-0.3, -0.25) is 9.80 Å². The topological polar surface area (TPSA) is 53.3 Å². The fraction of sp³-hybridized carbons (Fsp3) is 0.536. The molecule has 186 valence electrons. The molecule has 35 heavy (non-hydrogen) atoms. The van der Waals surface area contributed by atoms with Crippen LogP contribution in [0.1, 0.15) is 43.1 Å². The van der Waals surface area contributed by atoms with Gasteiger partial charge in [0.25, 0.3) is 0 Å². The minimum Gasteiger partial charge on any atom is -0.303 e. The van der Waals surface area contributed by atoms with E-state index in [1.807, 2.05) is 0 Å². The summed E-state index contributed by atoms with van der Waals surface area (Å²) < 4.78 is 2.10.